The number of hydrogen-bond acceptors (Lipinski definition) is 7. The van der Waals surface area contributed by atoms with E-state index in [1.165, 1.54) is 51.4 Å². The van der Waals surface area contributed by atoms with Crippen molar-refractivity contribution in [3.63, 3.8) is 0 Å². The van der Waals surface area contributed by atoms with Gasteiger partial charge in [-0.25, -0.2) is 0 Å². The molecule has 0 spiro atoms. The van der Waals surface area contributed by atoms with Gasteiger partial charge in [-0.15, -0.1) is 0 Å². The molecule has 0 N–H and O–H groups in total. The maximum atomic E-state index is 12.7. The van der Waals surface area contributed by atoms with E-state index in [4.69, 9.17) is 14.2 Å². The molecule has 0 unspecified atom stereocenters. The van der Waals surface area contributed by atoms with E-state index in [9.17, 15) is 14.4 Å². The minimum atomic E-state index is -0.477. The SMILES string of the molecule is CCCCCCCCOC(=O)C(C)(C)CCCCCC(CCCCCC(C)(C)C(=O)OCCCCCCCC)OC(=O)CCN(C)C. The third kappa shape index (κ3) is 26.0. The predicted molar refractivity (Wildman–Crippen MR) is 195 cm³/mol. The zero-order valence-corrected chi connectivity index (χ0v) is 32.4. The van der Waals surface area contributed by atoms with Crippen LogP contribution in [0, 0.1) is 10.8 Å². The van der Waals surface area contributed by atoms with Gasteiger partial charge in [-0.2, -0.15) is 0 Å². The van der Waals surface area contributed by atoms with Crippen LogP contribution < -0.4 is 0 Å². The normalized spacial score (nSPS) is 12.1. The number of carbonyl (C=O) groups is 3. The van der Waals surface area contributed by atoms with Gasteiger partial charge in [0, 0.05) is 6.54 Å². The van der Waals surface area contributed by atoms with E-state index in [1.54, 1.807) is 0 Å². The summed E-state index contributed by atoms with van der Waals surface area (Å²) < 4.78 is 17.1. The largest absolute Gasteiger partial charge is 0.465 e. The van der Waals surface area contributed by atoms with Gasteiger partial charge in [-0.1, -0.05) is 104 Å². The first kappa shape index (κ1) is 45.4. The lowest BCUT2D eigenvalue weighted by atomic mass is 9.86. The van der Waals surface area contributed by atoms with Crippen LogP contribution in [0.25, 0.3) is 0 Å². The van der Waals surface area contributed by atoms with E-state index in [2.05, 4.69) is 13.8 Å². The summed E-state index contributed by atoms with van der Waals surface area (Å²) in [6.07, 6.45) is 23.6. The maximum absolute atomic E-state index is 12.7. The van der Waals surface area contributed by atoms with Crippen LogP contribution in [0.4, 0.5) is 0 Å². The minimum absolute atomic E-state index is 0.0877. The van der Waals surface area contributed by atoms with Crippen LogP contribution >= 0.6 is 0 Å². The second kappa shape index (κ2) is 28.2. The molecular weight excluding hydrogens is 590 g/mol. The number of hydrogen-bond donors (Lipinski definition) is 0. The average molecular weight is 668 g/mol. The van der Waals surface area contributed by atoms with Gasteiger partial charge in [0.15, 0.2) is 0 Å². The van der Waals surface area contributed by atoms with Gasteiger partial charge in [0.25, 0.3) is 0 Å². The highest BCUT2D eigenvalue weighted by Crippen LogP contribution is 2.28. The van der Waals surface area contributed by atoms with E-state index in [0.717, 1.165) is 89.9 Å². The predicted octanol–water partition coefficient (Wildman–Crippen LogP) is 10.6. The van der Waals surface area contributed by atoms with Crippen LogP contribution in [-0.4, -0.2) is 62.8 Å². The molecule has 0 bridgehead atoms. The first-order valence-corrected chi connectivity index (χ1v) is 19.5. The molecule has 7 nitrogen and oxygen atoms in total. The summed E-state index contributed by atoms with van der Waals surface area (Å²) in [5.74, 6) is -0.312. The van der Waals surface area contributed by atoms with Crippen LogP contribution in [0.2, 0.25) is 0 Å². The van der Waals surface area contributed by atoms with Crippen LogP contribution in [0.1, 0.15) is 189 Å². The second-order valence-electron chi connectivity index (χ2n) is 15.4. The van der Waals surface area contributed by atoms with Crippen molar-refractivity contribution >= 4 is 17.9 Å². The van der Waals surface area contributed by atoms with E-state index < -0.39 is 10.8 Å². The van der Waals surface area contributed by atoms with Gasteiger partial charge in [-0.3, -0.25) is 14.4 Å². The van der Waals surface area contributed by atoms with Crippen LogP contribution in [0.5, 0.6) is 0 Å². The molecule has 0 saturated heterocycles. The Hall–Kier alpha value is -1.63. The highest BCUT2D eigenvalue weighted by Gasteiger charge is 2.29. The summed E-state index contributed by atoms with van der Waals surface area (Å²) in [5, 5.41) is 0. The van der Waals surface area contributed by atoms with Gasteiger partial charge >= 0.3 is 17.9 Å². The number of ether oxygens (including phenoxy) is 3. The summed E-state index contributed by atoms with van der Waals surface area (Å²) in [4.78, 5) is 39.9. The molecule has 0 aliphatic rings. The van der Waals surface area contributed by atoms with Crippen molar-refractivity contribution in [2.45, 2.75) is 195 Å². The van der Waals surface area contributed by atoms with E-state index in [1.807, 2.05) is 46.7 Å². The molecule has 0 rings (SSSR count). The fraction of sp³-hybridized carbons (Fsp3) is 0.925. The van der Waals surface area contributed by atoms with Crippen molar-refractivity contribution in [1.29, 1.82) is 0 Å². The third-order valence-corrected chi connectivity index (χ3v) is 9.28. The van der Waals surface area contributed by atoms with Gasteiger partial charge in [0.1, 0.15) is 6.10 Å². The van der Waals surface area contributed by atoms with Crippen LogP contribution in [-0.2, 0) is 28.6 Å². The topological polar surface area (TPSA) is 82.1 Å². The zero-order chi connectivity index (χ0) is 35.4. The van der Waals surface area contributed by atoms with Crippen molar-refractivity contribution in [3.05, 3.63) is 0 Å². The molecule has 278 valence electrons. The summed E-state index contributed by atoms with van der Waals surface area (Å²) in [7, 11) is 3.92. The van der Waals surface area contributed by atoms with Crippen molar-refractivity contribution in [3.8, 4) is 0 Å². The molecule has 0 aromatic heterocycles. The first-order chi connectivity index (χ1) is 22.4. The summed E-state index contributed by atoms with van der Waals surface area (Å²) >= 11 is 0. The molecule has 0 saturated carbocycles. The number of unbranched alkanes of at least 4 members (excludes halogenated alkanes) is 14. The maximum Gasteiger partial charge on any atom is 0.311 e. The highest BCUT2D eigenvalue weighted by atomic mass is 16.5. The Kier molecular flexibility index (Phi) is 27.3. The molecule has 0 aromatic rings. The van der Waals surface area contributed by atoms with Gasteiger partial charge in [0.05, 0.1) is 30.5 Å². The molecule has 0 amide bonds. The molecule has 0 aromatic carbocycles. The molecule has 0 atom stereocenters. The van der Waals surface area contributed by atoms with Crippen molar-refractivity contribution in [1.82, 2.24) is 4.90 Å². The number of esters is 3. The summed E-state index contributed by atoms with van der Waals surface area (Å²) in [6, 6.07) is 0. The third-order valence-electron chi connectivity index (χ3n) is 9.28. The lowest BCUT2D eigenvalue weighted by Gasteiger charge is -2.23. The Morgan fingerprint density at radius 1 is 0.553 bits per heavy atom. The molecule has 47 heavy (non-hydrogen) atoms. The van der Waals surface area contributed by atoms with Crippen molar-refractivity contribution < 1.29 is 28.6 Å². The standard InChI is InChI=1S/C40H77NO6/c1-9-11-13-15-17-25-33-45-37(43)39(3,4)30-23-19-21-27-35(47-36(42)29-32-41(7)8)28-22-20-24-31-40(5,6)38(44)46-34-26-18-16-14-12-10-2/h35H,9-34H2,1-8H3. The fourth-order valence-electron chi connectivity index (χ4n) is 5.74. The summed E-state index contributed by atoms with van der Waals surface area (Å²) in [6.45, 7) is 14.1. The molecule has 0 fully saturated rings. The Labute approximate surface area is 291 Å². The van der Waals surface area contributed by atoms with Gasteiger partial charge in [0.2, 0.25) is 0 Å². The zero-order valence-electron chi connectivity index (χ0n) is 32.4. The van der Waals surface area contributed by atoms with E-state index in [-0.39, 0.29) is 24.0 Å². The second-order valence-corrected chi connectivity index (χ2v) is 15.4. The average Bonchev–Trinajstić information content (AvgIpc) is 3.02. The smallest absolute Gasteiger partial charge is 0.311 e. The number of nitrogens with zero attached hydrogens (tertiary/aromatic N) is 1. The van der Waals surface area contributed by atoms with Gasteiger partial charge in [-0.05, 0) is 93.2 Å². The molecular formula is C40H77NO6. The fourth-order valence-corrected chi connectivity index (χ4v) is 5.74. The molecule has 7 heteroatoms. The van der Waals surface area contributed by atoms with E-state index >= 15 is 0 Å². The number of carbonyl (C=O) groups excluding carboxylic acids is 3. The Bertz CT molecular complexity index is 742. The van der Waals surface area contributed by atoms with Crippen molar-refractivity contribution in [2.75, 3.05) is 33.9 Å². The van der Waals surface area contributed by atoms with Gasteiger partial charge < -0.3 is 19.1 Å². The van der Waals surface area contributed by atoms with Crippen LogP contribution in [0.15, 0.2) is 0 Å². The highest BCUT2D eigenvalue weighted by molar-refractivity contribution is 5.76. The van der Waals surface area contributed by atoms with Crippen molar-refractivity contribution in [2.24, 2.45) is 10.8 Å². The first-order valence-electron chi connectivity index (χ1n) is 19.5. The molecule has 0 aliphatic heterocycles. The minimum Gasteiger partial charge on any atom is -0.465 e. The molecule has 0 radical (unpaired) electrons. The van der Waals surface area contributed by atoms with E-state index in [0.29, 0.717) is 26.2 Å². The Morgan fingerprint density at radius 3 is 1.34 bits per heavy atom. The van der Waals surface area contributed by atoms with Crippen LogP contribution in [0.3, 0.4) is 0 Å². The lowest BCUT2D eigenvalue weighted by Crippen LogP contribution is -2.27. The monoisotopic (exact) mass is 668 g/mol. The Morgan fingerprint density at radius 2 is 0.936 bits per heavy atom. The Balaban J connectivity index is 4.49. The quantitative estimate of drug-likeness (QED) is 0.0401. The molecule has 0 aliphatic carbocycles. The lowest BCUT2D eigenvalue weighted by molar-refractivity contribution is -0.155. The number of rotatable bonds is 32. The summed E-state index contributed by atoms with van der Waals surface area (Å²) in [5.41, 5.74) is -0.955. The molecule has 0 heterocycles.